The molecule has 0 atom stereocenters. The molecular formula is C18H34IN5. The topological polar surface area (TPSA) is 54.2 Å². The molecule has 5 nitrogen and oxygen atoms in total. The summed E-state index contributed by atoms with van der Waals surface area (Å²) < 4.78 is 2.21. The van der Waals surface area contributed by atoms with Crippen LogP contribution in [-0.2, 0) is 6.54 Å². The molecule has 1 aliphatic rings. The van der Waals surface area contributed by atoms with E-state index in [0.29, 0.717) is 5.41 Å². The van der Waals surface area contributed by atoms with Gasteiger partial charge in [0.25, 0.3) is 0 Å². The lowest BCUT2D eigenvalue weighted by molar-refractivity contribution is 0.283. The number of aromatic nitrogens is 2. The van der Waals surface area contributed by atoms with Crippen LogP contribution in [0.25, 0.3) is 0 Å². The summed E-state index contributed by atoms with van der Waals surface area (Å²) in [4.78, 5) is 8.61. The average Bonchev–Trinajstić information content (AvgIpc) is 3.20. The van der Waals surface area contributed by atoms with Crippen LogP contribution in [0.2, 0.25) is 0 Å². The van der Waals surface area contributed by atoms with Crippen molar-refractivity contribution in [2.45, 2.75) is 65.3 Å². The molecule has 0 saturated heterocycles. The Bertz CT molecular complexity index is 491. The number of hydrogen-bond donors (Lipinski definition) is 2. The van der Waals surface area contributed by atoms with Crippen molar-refractivity contribution in [3.8, 4) is 0 Å². The van der Waals surface area contributed by atoms with Crippen LogP contribution in [0.15, 0.2) is 17.4 Å². The fraction of sp³-hybridized carbons (Fsp3) is 0.778. The molecule has 0 unspecified atom stereocenters. The summed E-state index contributed by atoms with van der Waals surface area (Å²) in [6, 6.07) is 0. The summed E-state index contributed by atoms with van der Waals surface area (Å²) in [7, 11) is 1.86. The first-order valence-electron chi connectivity index (χ1n) is 9.11. The molecule has 0 radical (unpaired) electrons. The van der Waals surface area contributed by atoms with Gasteiger partial charge in [0, 0.05) is 39.1 Å². The molecule has 1 aromatic heterocycles. The standard InChI is InChI=1S/C18H33N5.HI/c1-4-18(9-5-6-10-18)15-22-17(19-3)21-11-7-8-13-23-14-12-20-16(23)2;/h12,14H,4-11,13,15H2,1-3H3,(H2,19,21,22);1H. The second-order valence-electron chi connectivity index (χ2n) is 6.79. The highest BCUT2D eigenvalue weighted by atomic mass is 127. The van der Waals surface area contributed by atoms with Gasteiger partial charge in [-0.3, -0.25) is 4.99 Å². The van der Waals surface area contributed by atoms with E-state index in [0.717, 1.165) is 44.3 Å². The van der Waals surface area contributed by atoms with E-state index in [4.69, 9.17) is 0 Å². The van der Waals surface area contributed by atoms with Gasteiger partial charge in [-0.15, -0.1) is 24.0 Å². The van der Waals surface area contributed by atoms with E-state index in [9.17, 15) is 0 Å². The number of guanidine groups is 1. The Labute approximate surface area is 164 Å². The van der Waals surface area contributed by atoms with Crippen molar-refractivity contribution in [3.05, 3.63) is 18.2 Å². The van der Waals surface area contributed by atoms with Crippen LogP contribution in [0.5, 0.6) is 0 Å². The molecule has 1 heterocycles. The minimum Gasteiger partial charge on any atom is -0.356 e. The monoisotopic (exact) mass is 447 g/mol. The highest BCUT2D eigenvalue weighted by Gasteiger charge is 2.31. The molecule has 0 aromatic carbocycles. The van der Waals surface area contributed by atoms with Gasteiger partial charge in [0.2, 0.25) is 0 Å². The Hall–Kier alpha value is -0.790. The van der Waals surface area contributed by atoms with Crippen molar-refractivity contribution in [2.24, 2.45) is 10.4 Å². The maximum absolute atomic E-state index is 4.36. The minimum atomic E-state index is 0. The van der Waals surface area contributed by atoms with Crippen LogP contribution in [0.1, 0.15) is 57.7 Å². The normalized spacial score (nSPS) is 16.7. The Kier molecular flexibility index (Phi) is 9.69. The summed E-state index contributed by atoms with van der Waals surface area (Å²) >= 11 is 0. The van der Waals surface area contributed by atoms with Gasteiger partial charge in [-0.1, -0.05) is 19.8 Å². The maximum Gasteiger partial charge on any atom is 0.190 e. The quantitative estimate of drug-likeness (QED) is 0.277. The van der Waals surface area contributed by atoms with Gasteiger partial charge in [-0.2, -0.15) is 0 Å². The number of nitrogens with zero attached hydrogens (tertiary/aromatic N) is 3. The first kappa shape index (κ1) is 21.3. The van der Waals surface area contributed by atoms with Crippen molar-refractivity contribution in [1.29, 1.82) is 0 Å². The van der Waals surface area contributed by atoms with Crippen LogP contribution < -0.4 is 10.6 Å². The zero-order chi connectivity index (χ0) is 16.5. The van der Waals surface area contributed by atoms with Gasteiger partial charge in [0.05, 0.1) is 0 Å². The van der Waals surface area contributed by atoms with Gasteiger partial charge in [0.15, 0.2) is 5.96 Å². The Balaban J connectivity index is 0.00000288. The maximum atomic E-state index is 4.36. The number of rotatable bonds is 8. The highest BCUT2D eigenvalue weighted by Crippen LogP contribution is 2.40. The van der Waals surface area contributed by atoms with Gasteiger partial charge in [-0.25, -0.2) is 4.98 Å². The predicted molar refractivity (Wildman–Crippen MR) is 112 cm³/mol. The first-order chi connectivity index (χ1) is 11.2. The number of hydrogen-bond acceptors (Lipinski definition) is 2. The van der Waals surface area contributed by atoms with E-state index < -0.39 is 0 Å². The highest BCUT2D eigenvalue weighted by molar-refractivity contribution is 14.0. The number of imidazole rings is 1. The third kappa shape index (κ3) is 6.26. The number of halogens is 1. The third-order valence-corrected chi connectivity index (χ3v) is 5.31. The number of nitrogens with one attached hydrogen (secondary N) is 2. The summed E-state index contributed by atoms with van der Waals surface area (Å²) in [6.45, 7) is 7.43. The third-order valence-electron chi connectivity index (χ3n) is 5.31. The molecular weight excluding hydrogens is 413 g/mol. The van der Waals surface area contributed by atoms with Gasteiger partial charge in [-0.05, 0) is 44.4 Å². The molecule has 138 valence electrons. The molecule has 1 aliphatic carbocycles. The lowest BCUT2D eigenvalue weighted by atomic mass is 9.83. The van der Waals surface area contributed by atoms with Crippen molar-refractivity contribution in [2.75, 3.05) is 20.1 Å². The Morgan fingerprint density at radius 2 is 2.04 bits per heavy atom. The second kappa shape index (κ2) is 10.9. The number of aryl methyl sites for hydroxylation is 2. The molecule has 1 saturated carbocycles. The van der Waals surface area contributed by atoms with Crippen molar-refractivity contribution < 1.29 is 0 Å². The van der Waals surface area contributed by atoms with Crippen LogP contribution in [0, 0.1) is 12.3 Å². The number of unbranched alkanes of at least 4 members (excludes halogenated alkanes) is 1. The molecule has 0 aliphatic heterocycles. The average molecular weight is 447 g/mol. The van der Waals surface area contributed by atoms with E-state index in [2.05, 4.69) is 45.2 Å². The summed E-state index contributed by atoms with van der Waals surface area (Å²) in [6.07, 6.45) is 13.0. The minimum absolute atomic E-state index is 0. The summed E-state index contributed by atoms with van der Waals surface area (Å²) in [5, 5.41) is 6.98. The molecule has 1 aromatic rings. The van der Waals surface area contributed by atoms with Crippen LogP contribution in [0.4, 0.5) is 0 Å². The fourth-order valence-corrected chi connectivity index (χ4v) is 3.53. The SMILES string of the molecule is CCC1(CNC(=NC)NCCCCn2ccnc2C)CCCC1.I. The largest absolute Gasteiger partial charge is 0.356 e. The molecule has 24 heavy (non-hydrogen) atoms. The number of aliphatic imine (C=N–C) groups is 1. The van der Waals surface area contributed by atoms with E-state index in [1.54, 1.807) is 0 Å². The first-order valence-corrected chi connectivity index (χ1v) is 9.11. The van der Waals surface area contributed by atoms with E-state index in [1.165, 1.54) is 32.1 Å². The smallest absolute Gasteiger partial charge is 0.190 e. The van der Waals surface area contributed by atoms with E-state index >= 15 is 0 Å². The van der Waals surface area contributed by atoms with Crippen LogP contribution in [0.3, 0.4) is 0 Å². The fourth-order valence-electron chi connectivity index (χ4n) is 3.53. The van der Waals surface area contributed by atoms with Crippen LogP contribution >= 0.6 is 24.0 Å². The second-order valence-corrected chi connectivity index (χ2v) is 6.79. The van der Waals surface area contributed by atoms with E-state index in [1.807, 2.05) is 13.2 Å². The zero-order valence-corrected chi connectivity index (χ0v) is 17.8. The summed E-state index contributed by atoms with van der Waals surface area (Å²) in [5.41, 5.74) is 0.497. The Morgan fingerprint density at radius 3 is 2.62 bits per heavy atom. The van der Waals surface area contributed by atoms with Crippen molar-refractivity contribution in [3.63, 3.8) is 0 Å². The molecule has 0 amide bonds. The molecule has 6 heteroatoms. The lowest BCUT2D eigenvalue weighted by Crippen LogP contribution is -2.43. The van der Waals surface area contributed by atoms with Crippen molar-refractivity contribution in [1.82, 2.24) is 20.2 Å². The molecule has 1 fully saturated rings. The molecule has 2 rings (SSSR count). The molecule has 0 bridgehead atoms. The van der Waals surface area contributed by atoms with Gasteiger partial charge < -0.3 is 15.2 Å². The Morgan fingerprint density at radius 1 is 1.29 bits per heavy atom. The predicted octanol–water partition coefficient (Wildman–Crippen LogP) is 3.73. The van der Waals surface area contributed by atoms with Crippen molar-refractivity contribution >= 4 is 29.9 Å². The van der Waals surface area contributed by atoms with E-state index in [-0.39, 0.29) is 24.0 Å². The summed E-state index contributed by atoms with van der Waals surface area (Å²) in [5.74, 6) is 2.04. The lowest BCUT2D eigenvalue weighted by Gasteiger charge is -2.28. The van der Waals surface area contributed by atoms with Gasteiger partial charge in [0.1, 0.15) is 5.82 Å². The molecule has 0 spiro atoms. The van der Waals surface area contributed by atoms with Gasteiger partial charge >= 0.3 is 0 Å². The van der Waals surface area contributed by atoms with Crippen LogP contribution in [-0.4, -0.2) is 35.6 Å². The molecule has 2 N–H and O–H groups in total. The zero-order valence-electron chi connectivity index (χ0n) is 15.5.